The van der Waals surface area contributed by atoms with Crippen molar-refractivity contribution in [3.8, 4) is 40.8 Å². The molecule has 0 aliphatic heterocycles. The van der Waals surface area contributed by atoms with E-state index in [0.29, 0.717) is 46.5 Å². The molecular weight excluding hydrogens is 686 g/mol. The van der Waals surface area contributed by atoms with E-state index in [0.717, 1.165) is 18.4 Å². The van der Waals surface area contributed by atoms with Gasteiger partial charge in [0, 0.05) is 11.1 Å². The zero-order valence-corrected chi connectivity index (χ0v) is 30.5. The fourth-order valence-corrected chi connectivity index (χ4v) is 4.94. The number of nitriles is 1. The SMILES string of the molecule is CC(C)=CCC/C(C)=C/Cc1c(O)c(Cl)c(C)c(C=O)c1O.CO/C=C(/C(=O)OC)c1ccccc1Oc1cc(Oc2ccccc2C#N)ncn1. The summed E-state index contributed by atoms with van der Waals surface area (Å²) in [6.45, 7) is 7.72. The molecule has 4 rings (SSSR count). The number of benzene rings is 3. The zero-order chi connectivity index (χ0) is 38.2. The molecule has 2 N–H and O–H groups in total. The monoisotopic (exact) mass is 725 g/mol. The van der Waals surface area contributed by atoms with Gasteiger partial charge in [0.15, 0.2) is 6.29 Å². The van der Waals surface area contributed by atoms with Crippen LogP contribution in [0.4, 0.5) is 0 Å². The van der Waals surface area contributed by atoms with Crippen molar-refractivity contribution in [2.75, 3.05) is 14.2 Å². The summed E-state index contributed by atoms with van der Waals surface area (Å²) in [4.78, 5) is 31.3. The second kappa shape index (κ2) is 19.9. The number of aromatic hydroxyl groups is 2. The molecule has 52 heavy (non-hydrogen) atoms. The molecule has 0 spiro atoms. The second-order valence-electron chi connectivity index (χ2n) is 11.5. The summed E-state index contributed by atoms with van der Waals surface area (Å²) in [5, 5.41) is 29.6. The smallest absolute Gasteiger partial charge is 0.341 e. The number of phenols is 2. The molecule has 0 atom stereocenters. The summed E-state index contributed by atoms with van der Waals surface area (Å²) in [5.74, 6) is 0.171. The number of ether oxygens (including phenoxy) is 4. The average Bonchev–Trinajstić information content (AvgIpc) is 3.13. The molecule has 270 valence electrons. The molecule has 0 aliphatic carbocycles. The number of carbonyl (C=O) groups is 2. The number of aldehydes is 1. The van der Waals surface area contributed by atoms with E-state index in [2.05, 4.69) is 36.0 Å². The quantitative estimate of drug-likeness (QED) is 0.0444. The van der Waals surface area contributed by atoms with Gasteiger partial charge in [-0.2, -0.15) is 5.26 Å². The number of nitrogens with zero attached hydrogens (tertiary/aromatic N) is 3. The number of phenolic OH excluding ortho intramolecular Hbond substituents is 2. The van der Waals surface area contributed by atoms with Crippen molar-refractivity contribution in [3.05, 3.63) is 123 Å². The molecule has 4 aromatic rings. The number of rotatable bonds is 13. The number of carbonyl (C=O) groups excluding carboxylic acids is 2. The molecular formula is C40H40ClN3O8. The van der Waals surface area contributed by atoms with Crippen molar-refractivity contribution in [2.45, 2.75) is 47.0 Å². The fourth-order valence-electron chi connectivity index (χ4n) is 4.72. The van der Waals surface area contributed by atoms with Crippen molar-refractivity contribution in [2.24, 2.45) is 0 Å². The van der Waals surface area contributed by atoms with Crippen molar-refractivity contribution in [1.82, 2.24) is 9.97 Å². The van der Waals surface area contributed by atoms with Crippen LogP contribution in [0.5, 0.6) is 34.8 Å². The second-order valence-corrected chi connectivity index (χ2v) is 11.9. The molecule has 12 heteroatoms. The summed E-state index contributed by atoms with van der Waals surface area (Å²) < 4.78 is 21.4. The van der Waals surface area contributed by atoms with Gasteiger partial charge in [0.05, 0.1) is 42.7 Å². The van der Waals surface area contributed by atoms with Gasteiger partial charge in [-0.3, -0.25) is 4.79 Å². The molecule has 1 aromatic heterocycles. The first kappa shape index (κ1) is 40.3. The molecule has 0 saturated carbocycles. The van der Waals surface area contributed by atoms with Crippen LogP contribution >= 0.6 is 11.6 Å². The molecule has 3 aromatic carbocycles. The highest BCUT2D eigenvalue weighted by atomic mass is 35.5. The van der Waals surface area contributed by atoms with Gasteiger partial charge >= 0.3 is 5.97 Å². The molecule has 0 saturated heterocycles. The van der Waals surface area contributed by atoms with Crippen molar-refractivity contribution >= 4 is 29.4 Å². The maximum Gasteiger partial charge on any atom is 0.341 e. The lowest BCUT2D eigenvalue weighted by Crippen LogP contribution is -2.06. The van der Waals surface area contributed by atoms with Crippen molar-refractivity contribution in [3.63, 3.8) is 0 Å². The lowest BCUT2D eigenvalue weighted by atomic mass is 9.99. The first-order valence-corrected chi connectivity index (χ1v) is 16.4. The Balaban J connectivity index is 0.000000295. The lowest BCUT2D eigenvalue weighted by Gasteiger charge is -2.13. The first-order valence-electron chi connectivity index (χ1n) is 16.0. The third-order valence-electron chi connectivity index (χ3n) is 7.50. The van der Waals surface area contributed by atoms with Gasteiger partial charge in [0.25, 0.3) is 0 Å². The van der Waals surface area contributed by atoms with E-state index in [1.54, 1.807) is 55.5 Å². The number of esters is 1. The Morgan fingerprint density at radius 2 is 1.58 bits per heavy atom. The Morgan fingerprint density at radius 3 is 2.19 bits per heavy atom. The first-order chi connectivity index (χ1) is 24.9. The van der Waals surface area contributed by atoms with Crippen molar-refractivity contribution in [1.29, 1.82) is 5.26 Å². The topological polar surface area (TPSA) is 161 Å². The Morgan fingerprint density at radius 1 is 0.942 bits per heavy atom. The van der Waals surface area contributed by atoms with Gasteiger partial charge in [-0.15, -0.1) is 0 Å². The van der Waals surface area contributed by atoms with E-state index in [1.807, 2.05) is 13.0 Å². The van der Waals surface area contributed by atoms with Crippen LogP contribution in [0.3, 0.4) is 0 Å². The molecule has 0 unspecified atom stereocenters. The highest BCUT2D eigenvalue weighted by Crippen LogP contribution is 2.40. The van der Waals surface area contributed by atoms with Crippen LogP contribution in [0.25, 0.3) is 5.57 Å². The van der Waals surface area contributed by atoms with E-state index in [9.17, 15) is 25.1 Å². The van der Waals surface area contributed by atoms with Crippen LogP contribution in [0.15, 0.2) is 90.5 Å². The largest absolute Gasteiger partial charge is 0.507 e. The average molecular weight is 726 g/mol. The minimum Gasteiger partial charge on any atom is -0.507 e. The minimum atomic E-state index is -0.576. The molecule has 0 bridgehead atoms. The van der Waals surface area contributed by atoms with Gasteiger partial charge in [-0.25, -0.2) is 14.8 Å². The predicted molar refractivity (Wildman–Crippen MR) is 198 cm³/mol. The van der Waals surface area contributed by atoms with E-state index >= 15 is 0 Å². The lowest BCUT2D eigenvalue weighted by molar-refractivity contribution is -0.133. The molecule has 0 radical (unpaired) electrons. The van der Waals surface area contributed by atoms with Crippen LogP contribution in [0.1, 0.15) is 66.2 Å². The fraction of sp³-hybridized carbons (Fsp3) is 0.225. The van der Waals surface area contributed by atoms with Gasteiger partial charge in [-0.1, -0.05) is 65.2 Å². The van der Waals surface area contributed by atoms with E-state index in [1.165, 1.54) is 38.4 Å². The van der Waals surface area contributed by atoms with Gasteiger partial charge in [0.2, 0.25) is 11.8 Å². The maximum absolute atomic E-state index is 12.1. The van der Waals surface area contributed by atoms with Gasteiger partial charge in [-0.05, 0) is 70.7 Å². The van der Waals surface area contributed by atoms with Crippen LogP contribution in [-0.4, -0.2) is 46.7 Å². The zero-order valence-electron chi connectivity index (χ0n) is 29.8. The summed E-state index contributed by atoms with van der Waals surface area (Å²) in [5.41, 5.74) is 4.26. The van der Waals surface area contributed by atoms with Crippen LogP contribution < -0.4 is 9.47 Å². The Labute approximate surface area is 308 Å². The molecule has 0 fully saturated rings. The van der Waals surface area contributed by atoms with Gasteiger partial charge < -0.3 is 29.2 Å². The number of halogens is 1. The van der Waals surface area contributed by atoms with Crippen LogP contribution in [0, 0.1) is 18.3 Å². The van der Waals surface area contributed by atoms with E-state index in [4.69, 9.17) is 30.5 Å². The molecule has 0 aliphatic rings. The number of hydrogen-bond acceptors (Lipinski definition) is 11. The summed E-state index contributed by atoms with van der Waals surface area (Å²) in [7, 11) is 2.71. The third kappa shape index (κ3) is 10.9. The Kier molecular flexibility index (Phi) is 15.4. The number of hydrogen-bond donors (Lipinski definition) is 2. The summed E-state index contributed by atoms with van der Waals surface area (Å²) in [6.07, 6.45) is 9.41. The summed E-state index contributed by atoms with van der Waals surface area (Å²) in [6, 6.07) is 17.2. The number of allylic oxidation sites excluding steroid dienone is 4. The van der Waals surface area contributed by atoms with E-state index in [-0.39, 0.29) is 39.4 Å². The standard InChI is InChI=1S/C22H17N3O5.C18H23ClO3/c1-27-13-17(22(26)28-2)16-8-4-6-10-19(16)30-21-11-20(24-14-25-21)29-18-9-5-3-7-15(18)12-23;1-11(2)6-5-7-12(3)8-9-14-17(21)15(10-20)13(4)16(19)18(14)22/h3-11,13-14H,1-2H3;6,8,10,21-22H,5,7,9H2,1-4H3/b17-13+;12-8+. The molecule has 0 amide bonds. The normalized spacial score (nSPS) is 11.0. The highest BCUT2D eigenvalue weighted by Gasteiger charge is 2.20. The minimum absolute atomic E-state index is 0.116. The summed E-state index contributed by atoms with van der Waals surface area (Å²) >= 11 is 6.02. The Hall–Kier alpha value is -6.12. The number of aromatic nitrogens is 2. The Bertz CT molecular complexity index is 2030. The van der Waals surface area contributed by atoms with Crippen LogP contribution in [0.2, 0.25) is 5.02 Å². The molecule has 11 nitrogen and oxygen atoms in total. The van der Waals surface area contributed by atoms with E-state index < -0.39 is 5.97 Å². The predicted octanol–water partition coefficient (Wildman–Crippen LogP) is 9.20. The maximum atomic E-state index is 12.1. The van der Waals surface area contributed by atoms with Crippen LogP contribution in [-0.2, 0) is 20.7 Å². The molecule has 1 heterocycles. The number of para-hydroxylation sites is 2. The highest BCUT2D eigenvalue weighted by molar-refractivity contribution is 6.33. The van der Waals surface area contributed by atoms with Gasteiger partial charge in [0.1, 0.15) is 41.0 Å². The third-order valence-corrected chi connectivity index (χ3v) is 7.97. The van der Waals surface area contributed by atoms with Crippen molar-refractivity contribution < 1.29 is 38.7 Å². The number of methoxy groups -OCH3 is 2.